The lowest BCUT2D eigenvalue weighted by Gasteiger charge is -2.39. The number of aromatic nitrogens is 2. The Bertz CT molecular complexity index is 448. The number of piperazine rings is 1. The van der Waals surface area contributed by atoms with Crippen LogP contribution >= 0.6 is 0 Å². The van der Waals surface area contributed by atoms with Crippen molar-refractivity contribution in [2.45, 2.75) is 32.9 Å². The summed E-state index contributed by atoms with van der Waals surface area (Å²) in [4.78, 5) is 14.6. The molecule has 1 aliphatic heterocycles. The van der Waals surface area contributed by atoms with E-state index in [0.717, 1.165) is 31.7 Å². The van der Waals surface area contributed by atoms with Gasteiger partial charge in [0.05, 0.1) is 18.3 Å². The molecule has 0 radical (unpaired) electrons. The van der Waals surface area contributed by atoms with E-state index in [2.05, 4.69) is 20.6 Å². The Labute approximate surface area is 120 Å². The van der Waals surface area contributed by atoms with E-state index in [-0.39, 0.29) is 5.91 Å². The monoisotopic (exact) mass is 279 g/mol. The third-order valence-corrected chi connectivity index (χ3v) is 3.85. The molecule has 1 aromatic rings. The van der Waals surface area contributed by atoms with Crippen LogP contribution in [-0.2, 0) is 11.3 Å². The van der Waals surface area contributed by atoms with Crippen molar-refractivity contribution in [2.24, 2.45) is 0 Å². The number of nitrogens with one attached hydrogen (secondary N) is 2. The van der Waals surface area contributed by atoms with Gasteiger partial charge in [-0.05, 0) is 26.3 Å². The number of rotatable bonds is 5. The molecule has 1 amide bonds. The first-order valence-electron chi connectivity index (χ1n) is 7.23. The summed E-state index contributed by atoms with van der Waals surface area (Å²) in [6, 6.07) is 0. The van der Waals surface area contributed by atoms with Crippen LogP contribution in [0.2, 0.25) is 0 Å². The van der Waals surface area contributed by atoms with Crippen LogP contribution in [0.1, 0.15) is 19.4 Å². The summed E-state index contributed by atoms with van der Waals surface area (Å²) in [5.41, 5.74) is 0.680. The van der Waals surface area contributed by atoms with Crippen LogP contribution in [0.15, 0.2) is 12.4 Å². The second-order valence-electron chi connectivity index (χ2n) is 5.83. The highest BCUT2D eigenvalue weighted by Crippen LogP contribution is 2.15. The molecular formula is C14H25N5O. The van der Waals surface area contributed by atoms with Crippen molar-refractivity contribution < 1.29 is 4.79 Å². The van der Waals surface area contributed by atoms with Gasteiger partial charge in [-0.3, -0.25) is 14.4 Å². The minimum absolute atomic E-state index is 0.0864. The number of nitrogens with zero attached hydrogens (tertiary/aromatic N) is 3. The van der Waals surface area contributed by atoms with Crippen LogP contribution in [0.5, 0.6) is 0 Å². The van der Waals surface area contributed by atoms with Gasteiger partial charge in [0.25, 0.3) is 0 Å². The average Bonchev–Trinajstić information content (AvgIpc) is 2.85. The summed E-state index contributed by atoms with van der Waals surface area (Å²) in [6.07, 6.45) is 3.81. The summed E-state index contributed by atoms with van der Waals surface area (Å²) in [7, 11) is 0. The van der Waals surface area contributed by atoms with Crippen molar-refractivity contribution in [3.05, 3.63) is 18.0 Å². The minimum atomic E-state index is -0.456. The minimum Gasteiger partial charge on any atom is -0.353 e. The van der Waals surface area contributed by atoms with Gasteiger partial charge in [0.15, 0.2) is 0 Å². The molecule has 112 valence electrons. The summed E-state index contributed by atoms with van der Waals surface area (Å²) in [6.45, 7) is 11.0. The highest BCUT2D eigenvalue weighted by Gasteiger charge is 2.34. The summed E-state index contributed by atoms with van der Waals surface area (Å²) < 4.78 is 1.85. The van der Waals surface area contributed by atoms with Crippen LogP contribution in [0.4, 0.5) is 0 Å². The number of hydrogen-bond donors (Lipinski definition) is 2. The fourth-order valence-corrected chi connectivity index (χ4v) is 2.46. The largest absolute Gasteiger partial charge is 0.353 e. The molecule has 20 heavy (non-hydrogen) atoms. The van der Waals surface area contributed by atoms with Gasteiger partial charge >= 0.3 is 0 Å². The zero-order valence-corrected chi connectivity index (χ0v) is 12.6. The zero-order chi connectivity index (χ0) is 14.6. The first-order chi connectivity index (χ1) is 9.50. The predicted octanol–water partition coefficient (Wildman–Crippen LogP) is -0.00848. The highest BCUT2D eigenvalue weighted by molar-refractivity contribution is 5.85. The van der Waals surface area contributed by atoms with Crippen molar-refractivity contribution in [3.63, 3.8) is 0 Å². The van der Waals surface area contributed by atoms with Crippen molar-refractivity contribution in [3.8, 4) is 0 Å². The van der Waals surface area contributed by atoms with Gasteiger partial charge in [-0.25, -0.2) is 0 Å². The summed E-state index contributed by atoms with van der Waals surface area (Å²) in [5, 5.41) is 10.5. The molecule has 1 aliphatic rings. The molecule has 2 N–H and O–H groups in total. The standard InChI is InChI=1S/C14H25N5O/c1-12-10-17-19(11-12)9-6-16-13(20)14(2,3)18-7-4-15-5-8-18/h10-11,15H,4-9H2,1-3H3,(H,16,20). The maximum Gasteiger partial charge on any atom is 0.240 e. The lowest BCUT2D eigenvalue weighted by atomic mass is 10.0. The van der Waals surface area contributed by atoms with E-state index < -0.39 is 5.54 Å². The normalized spacial score (nSPS) is 17.1. The molecule has 6 heteroatoms. The second kappa shape index (κ2) is 6.37. The van der Waals surface area contributed by atoms with Crippen molar-refractivity contribution in [2.75, 3.05) is 32.7 Å². The third kappa shape index (κ3) is 3.58. The lowest BCUT2D eigenvalue weighted by molar-refractivity contribution is -0.132. The molecule has 0 atom stereocenters. The molecule has 1 aromatic heterocycles. The Hall–Kier alpha value is -1.40. The first-order valence-corrected chi connectivity index (χ1v) is 7.23. The predicted molar refractivity (Wildman–Crippen MR) is 78.5 cm³/mol. The fraction of sp³-hybridized carbons (Fsp3) is 0.714. The van der Waals surface area contributed by atoms with E-state index in [1.54, 1.807) is 0 Å². The second-order valence-corrected chi connectivity index (χ2v) is 5.83. The van der Waals surface area contributed by atoms with Crippen LogP contribution < -0.4 is 10.6 Å². The molecule has 0 unspecified atom stereocenters. The molecule has 6 nitrogen and oxygen atoms in total. The molecular weight excluding hydrogens is 254 g/mol. The molecule has 1 saturated heterocycles. The van der Waals surface area contributed by atoms with Crippen LogP contribution in [-0.4, -0.2) is 58.9 Å². The number of hydrogen-bond acceptors (Lipinski definition) is 4. The van der Waals surface area contributed by atoms with Gasteiger partial charge in [-0.15, -0.1) is 0 Å². The van der Waals surface area contributed by atoms with Crippen LogP contribution in [0.3, 0.4) is 0 Å². The van der Waals surface area contributed by atoms with Gasteiger partial charge in [0.1, 0.15) is 0 Å². The molecule has 0 aromatic carbocycles. The van der Waals surface area contributed by atoms with E-state index >= 15 is 0 Å². The first kappa shape index (κ1) is 15.0. The molecule has 0 spiro atoms. The van der Waals surface area contributed by atoms with E-state index in [0.29, 0.717) is 13.1 Å². The Kier molecular flexibility index (Phi) is 4.77. The number of amides is 1. The van der Waals surface area contributed by atoms with E-state index in [1.165, 1.54) is 0 Å². The fourth-order valence-electron chi connectivity index (χ4n) is 2.46. The van der Waals surface area contributed by atoms with E-state index in [4.69, 9.17) is 0 Å². The maximum absolute atomic E-state index is 12.4. The van der Waals surface area contributed by atoms with Gasteiger partial charge in [0.2, 0.25) is 5.91 Å². The Balaban J connectivity index is 1.80. The average molecular weight is 279 g/mol. The molecule has 2 heterocycles. The number of carbonyl (C=O) groups excluding carboxylic acids is 1. The van der Waals surface area contributed by atoms with Crippen LogP contribution in [0.25, 0.3) is 0 Å². The van der Waals surface area contributed by atoms with Crippen molar-refractivity contribution in [1.29, 1.82) is 0 Å². The highest BCUT2D eigenvalue weighted by atomic mass is 16.2. The Morgan fingerprint density at radius 3 is 2.75 bits per heavy atom. The van der Waals surface area contributed by atoms with Gasteiger partial charge in [-0.1, -0.05) is 0 Å². The third-order valence-electron chi connectivity index (χ3n) is 3.85. The van der Waals surface area contributed by atoms with Crippen molar-refractivity contribution >= 4 is 5.91 Å². The Morgan fingerprint density at radius 1 is 1.45 bits per heavy atom. The van der Waals surface area contributed by atoms with Crippen molar-refractivity contribution in [1.82, 2.24) is 25.3 Å². The number of aryl methyl sites for hydroxylation is 1. The maximum atomic E-state index is 12.4. The molecule has 0 bridgehead atoms. The molecule has 1 fully saturated rings. The van der Waals surface area contributed by atoms with Crippen LogP contribution in [0, 0.1) is 6.92 Å². The van der Waals surface area contributed by atoms with E-state index in [9.17, 15) is 4.79 Å². The molecule has 2 rings (SSSR count). The SMILES string of the molecule is Cc1cnn(CCNC(=O)C(C)(C)N2CCNCC2)c1. The number of carbonyl (C=O) groups is 1. The summed E-state index contributed by atoms with van der Waals surface area (Å²) >= 11 is 0. The zero-order valence-electron chi connectivity index (χ0n) is 12.6. The Morgan fingerprint density at radius 2 is 2.15 bits per heavy atom. The quantitative estimate of drug-likeness (QED) is 0.796. The lowest BCUT2D eigenvalue weighted by Crippen LogP contribution is -2.60. The topological polar surface area (TPSA) is 62.2 Å². The van der Waals surface area contributed by atoms with Gasteiger partial charge < -0.3 is 10.6 Å². The summed E-state index contributed by atoms with van der Waals surface area (Å²) in [5.74, 6) is 0.0864. The molecule has 0 aliphatic carbocycles. The molecule has 0 saturated carbocycles. The van der Waals surface area contributed by atoms with Gasteiger partial charge in [-0.2, -0.15) is 5.10 Å². The van der Waals surface area contributed by atoms with Gasteiger partial charge in [0, 0.05) is 38.9 Å². The van der Waals surface area contributed by atoms with E-state index in [1.807, 2.05) is 37.8 Å². The smallest absolute Gasteiger partial charge is 0.240 e.